The van der Waals surface area contributed by atoms with Crippen LogP contribution in [-0.2, 0) is 4.74 Å². The minimum Gasteiger partial charge on any atom is -0.381 e. The molecule has 4 heteroatoms. The molecule has 0 aliphatic carbocycles. The van der Waals surface area contributed by atoms with Crippen LogP contribution in [0.2, 0.25) is 0 Å². The number of thiazole rings is 1. The zero-order chi connectivity index (χ0) is 11.6. The summed E-state index contributed by atoms with van der Waals surface area (Å²) in [7, 11) is 0. The molecule has 0 spiro atoms. The van der Waals surface area contributed by atoms with E-state index in [1.807, 2.05) is 5.51 Å². The first-order chi connectivity index (χ1) is 7.84. The van der Waals surface area contributed by atoms with Crippen LogP contribution in [0.3, 0.4) is 0 Å². The number of nitrogens with zero attached hydrogens (tertiary/aromatic N) is 1. The Balaban J connectivity index is 1.95. The average molecular weight is 242 g/mol. The van der Waals surface area contributed by atoms with E-state index in [1.165, 1.54) is 12.8 Å². The lowest BCUT2D eigenvalue weighted by atomic mass is 10.2. The highest BCUT2D eigenvalue weighted by Crippen LogP contribution is 2.11. The predicted octanol–water partition coefficient (Wildman–Crippen LogP) is 3.00. The highest BCUT2D eigenvalue weighted by Gasteiger charge is 2.05. The summed E-state index contributed by atoms with van der Waals surface area (Å²) in [6, 6.07) is 0.349. The molecule has 1 aromatic heterocycles. The van der Waals surface area contributed by atoms with Crippen LogP contribution in [0.25, 0.3) is 0 Å². The van der Waals surface area contributed by atoms with Gasteiger partial charge in [-0.1, -0.05) is 13.3 Å². The van der Waals surface area contributed by atoms with Crippen LogP contribution in [0.4, 0.5) is 0 Å². The molecule has 1 N–H and O–H groups in total. The Morgan fingerprint density at radius 1 is 1.44 bits per heavy atom. The second kappa shape index (κ2) is 8.67. The molecule has 1 atom stereocenters. The molecule has 92 valence electrons. The zero-order valence-corrected chi connectivity index (χ0v) is 11.1. The molecule has 0 bridgehead atoms. The van der Waals surface area contributed by atoms with Gasteiger partial charge in [0.05, 0.1) is 11.2 Å². The number of hydrogen-bond acceptors (Lipinski definition) is 4. The fourth-order valence-corrected chi connectivity index (χ4v) is 2.03. The van der Waals surface area contributed by atoms with E-state index >= 15 is 0 Å². The van der Waals surface area contributed by atoms with Crippen LogP contribution >= 0.6 is 11.3 Å². The molecule has 1 heterocycles. The molecule has 0 aromatic carbocycles. The molecule has 0 saturated heterocycles. The molecule has 0 aliphatic heterocycles. The van der Waals surface area contributed by atoms with E-state index in [2.05, 4.69) is 29.5 Å². The van der Waals surface area contributed by atoms with Crippen molar-refractivity contribution < 1.29 is 4.74 Å². The second-order valence-electron chi connectivity index (χ2n) is 3.91. The van der Waals surface area contributed by atoms with Crippen molar-refractivity contribution in [3.8, 4) is 0 Å². The normalized spacial score (nSPS) is 12.9. The number of hydrogen-bond donors (Lipinski definition) is 1. The van der Waals surface area contributed by atoms with Gasteiger partial charge in [-0.25, -0.2) is 4.98 Å². The summed E-state index contributed by atoms with van der Waals surface area (Å²) in [4.78, 5) is 4.28. The zero-order valence-electron chi connectivity index (χ0n) is 10.2. The molecular weight excluding hydrogens is 220 g/mol. The van der Waals surface area contributed by atoms with Crippen LogP contribution in [0.1, 0.15) is 44.8 Å². The van der Waals surface area contributed by atoms with Crippen LogP contribution in [0, 0.1) is 0 Å². The first kappa shape index (κ1) is 13.6. The molecular formula is C12H22N2OS. The quantitative estimate of drug-likeness (QED) is 0.676. The summed E-state index contributed by atoms with van der Waals surface area (Å²) in [6.07, 6.45) is 3.44. The van der Waals surface area contributed by atoms with Crippen molar-refractivity contribution in [2.45, 2.75) is 39.2 Å². The predicted molar refractivity (Wildman–Crippen MR) is 68.9 cm³/mol. The Bertz CT molecular complexity index is 252. The molecule has 0 saturated carbocycles. The fourth-order valence-electron chi connectivity index (χ4n) is 1.38. The first-order valence-electron chi connectivity index (χ1n) is 6.03. The van der Waals surface area contributed by atoms with Gasteiger partial charge in [-0.05, 0) is 26.3 Å². The van der Waals surface area contributed by atoms with Crippen molar-refractivity contribution in [3.05, 3.63) is 16.6 Å². The Morgan fingerprint density at radius 2 is 2.25 bits per heavy atom. The minimum atomic E-state index is 0.349. The average Bonchev–Trinajstić information content (AvgIpc) is 2.81. The minimum absolute atomic E-state index is 0.349. The third kappa shape index (κ3) is 5.58. The van der Waals surface area contributed by atoms with Crippen molar-refractivity contribution in [2.75, 3.05) is 19.8 Å². The summed E-state index contributed by atoms with van der Waals surface area (Å²) in [5.74, 6) is 0. The van der Waals surface area contributed by atoms with E-state index in [4.69, 9.17) is 4.74 Å². The third-order valence-corrected chi connectivity index (χ3v) is 3.06. The van der Waals surface area contributed by atoms with Crippen LogP contribution in [0.5, 0.6) is 0 Å². The van der Waals surface area contributed by atoms with Crippen molar-refractivity contribution >= 4 is 11.3 Å². The molecule has 16 heavy (non-hydrogen) atoms. The first-order valence-corrected chi connectivity index (χ1v) is 6.98. The summed E-state index contributed by atoms with van der Waals surface area (Å²) in [5.41, 5.74) is 3.01. The Morgan fingerprint density at radius 3 is 2.94 bits per heavy atom. The lowest BCUT2D eigenvalue weighted by Gasteiger charge is -2.11. The number of ether oxygens (including phenoxy) is 1. The number of nitrogens with one attached hydrogen (secondary N) is 1. The summed E-state index contributed by atoms with van der Waals surface area (Å²) >= 11 is 1.64. The van der Waals surface area contributed by atoms with Gasteiger partial charge >= 0.3 is 0 Å². The van der Waals surface area contributed by atoms with E-state index in [-0.39, 0.29) is 0 Å². The lowest BCUT2D eigenvalue weighted by Crippen LogP contribution is -2.21. The lowest BCUT2D eigenvalue weighted by molar-refractivity contribution is 0.128. The topological polar surface area (TPSA) is 34.1 Å². The molecule has 0 aliphatic rings. The van der Waals surface area contributed by atoms with Gasteiger partial charge in [0.1, 0.15) is 0 Å². The van der Waals surface area contributed by atoms with Gasteiger partial charge in [-0.2, -0.15) is 0 Å². The van der Waals surface area contributed by atoms with Crippen LogP contribution < -0.4 is 5.32 Å². The van der Waals surface area contributed by atoms with E-state index in [0.717, 1.165) is 31.9 Å². The highest BCUT2D eigenvalue weighted by atomic mass is 32.1. The van der Waals surface area contributed by atoms with Gasteiger partial charge in [0.25, 0.3) is 0 Å². The maximum Gasteiger partial charge on any atom is 0.0795 e. The van der Waals surface area contributed by atoms with Crippen LogP contribution in [0.15, 0.2) is 10.9 Å². The van der Waals surface area contributed by atoms with Gasteiger partial charge in [0.2, 0.25) is 0 Å². The molecule has 1 rings (SSSR count). The van der Waals surface area contributed by atoms with E-state index in [9.17, 15) is 0 Å². The molecule has 3 nitrogen and oxygen atoms in total. The maximum atomic E-state index is 5.49. The van der Waals surface area contributed by atoms with Gasteiger partial charge < -0.3 is 10.1 Å². The molecule has 1 aromatic rings. The second-order valence-corrected chi connectivity index (χ2v) is 4.63. The van der Waals surface area contributed by atoms with E-state index < -0.39 is 0 Å². The maximum absolute atomic E-state index is 5.49. The Hall–Kier alpha value is -0.450. The summed E-state index contributed by atoms with van der Waals surface area (Å²) < 4.78 is 5.49. The van der Waals surface area contributed by atoms with Crippen molar-refractivity contribution in [1.82, 2.24) is 10.3 Å². The van der Waals surface area contributed by atoms with Crippen molar-refractivity contribution in [2.24, 2.45) is 0 Å². The molecule has 0 amide bonds. The van der Waals surface area contributed by atoms with Gasteiger partial charge in [-0.15, -0.1) is 11.3 Å². The third-order valence-electron chi connectivity index (χ3n) is 2.45. The van der Waals surface area contributed by atoms with Crippen molar-refractivity contribution in [1.29, 1.82) is 0 Å². The summed E-state index contributed by atoms with van der Waals surface area (Å²) in [5, 5.41) is 5.53. The fraction of sp³-hybridized carbons (Fsp3) is 0.750. The molecule has 1 unspecified atom stereocenters. The van der Waals surface area contributed by atoms with Crippen LogP contribution in [-0.4, -0.2) is 24.7 Å². The summed E-state index contributed by atoms with van der Waals surface area (Å²) in [6.45, 7) is 7.08. The SMILES string of the molecule is CCCCOCCCNC(C)c1cscn1. The number of aromatic nitrogens is 1. The van der Waals surface area contributed by atoms with Gasteiger partial charge in [0, 0.05) is 24.6 Å². The van der Waals surface area contributed by atoms with Gasteiger partial charge in [-0.3, -0.25) is 0 Å². The smallest absolute Gasteiger partial charge is 0.0795 e. The molecule has 0 fully saturated rings. The molecule has 0 radical (unpaired) electrons. The largest absolute Gasteiger partial charge is 0.381 e. The highest BCUT2D eigenvalue weighted by molar-refractivity contribution is 7.07. The Kier molecular flexibility index (Phi) is 7.38. The number of rotatable bonds is 9. The van der Waals surface area contributed by atoms with Gasteiger partial charge in [0.15, 0.2) is 0 Å². The monoisotopic (exact) mass is 242 g/mol. The van der Waals surface area contributed by atoms with E-state index in [1.54, 1.807) is 11.3 Å². The standard InChI is InChI=1S/C12H22N2OS/c1-3-4-7-15-8-5-6-13-11(2)12-9-16-10-14-12/h9-11,13H,3-8H2,1-2H3. The number of unbranched alkanes of at least 4 members (excludes halogenated alkanes) is 1. The Labute approximate surface area is 102 Å². The van der Waals surface area contributed by atoms with E-state index in [0.29, 0.717) is 6.04 Å². The van der Waals surface area contributed by atoms with Crippen molar-refractivity contribution in [3.63, 3.8) is 0 Å².